The molecule has 2 aromatic rings. The minimum absolute atomic E-state index is 0.0899. The van der Waals surface area contributed by atoms with E-state index in [4.69, 9.17) is 0 Å². The summed E-state index contributed by atoms with van der Waals surface area (Å²) in [5.41, 5.74) is 2.48. The average molecular weight is 450 g/mol. The van der Waals surface area contributed by atoms with Crippen molar-refractivity contribution < 1.29 is 14.4 Å². The van der Waals surface area contributed by atoms with Crippen LogP contribution in [0.1, 0.15) is 19.3 Å². The van der Waals surface area contributed by atoms with E-state index in [-0.39, 0.29) is 5.91 Å². The van der Waals surface area contributed by atoms with E-state index in [1.807, 2.05) is 24.3 Å². The van der Waals surface area contributed by atoms with Gasteiger partial charge in [-0.05, 0) is 43.2 Å². The van der Waals surface area contributed by atoms with Crippen LogP contribution < -0.4 is 20.4 Å². The topological polar surface area (TPSA) is 85.0 Å². The summed E-state index contributed by atoms with van der Waals surface area (Å²) in [5.74, 6) is -1.27. The van der Waals surface area contributed by atoms with Crippen LogP contribution in [0.3, 0.4) is 0 Å². The minimum Gasteiger partial charge on any atom is -0.369 e. The Bertz CT molecular complexity index is 973. The number of anilines is 3. The fraction of sp³-hybridized carbons (Fsp3) is 0.400. The van der Waals surface area contributed by atoms with Gasteiger partial charge in [0.15, 0.2) is 0 Å². The first-order valence-corrected chi connectivity index (χ1v) is 11.6. The normalized spacial score (nSPS) is 17.0. The number of para-hydroxylation sites is 1. The number of carbonyl (C=O) groups excluding carboxylic acids is 3. The van der Waals surface area contributed by atoms with E-state index in [0.29, 0.717) is 31.7 Å². The van der Waals surface area contributed by atoms with Crippen LogP contribution in [0.5, 0.6) is 0 Å². The molecule has 0 spiro atoms. The Morgan fingerprint density at radius 1 is 0.818 bits per heavy atom. The highest BCUT2D eigenvalue weighted by Crippen LogP contribution is 2.23. The van der Waals surface area contributed by atoms with E-state index in [0.717, 1.165) is 44.7 Å². The first-order valence-electron chi connectivity index (χ1n) is 11.6. The van der Waals surface area contributed by atoms with Crippen molar-refractivity contribution in [1.29, 1.82) is 0 Å². The molecule has 0 unspecified atom stereocenters. The van der Waals surface area contributed by atoms with Gasteiger partial charge in [-0.3, -0.25) is 19.3 Å². The number of hydrogen-bond acceptors (Lipinski definition) is 5. The molecule has 2 saturated heterocycles. The molecular weight excluding hydrogens is 418 g/mol. The van der Waals surface area contributed by atoms with Gasteiger partial charge in [0.2, 0.25) is 5.91 Å². The Morgan fingerprint density at radius 2 is 1.58 bits per heavy atom. The predicted molar refractivity (Wildman–Crippen MR) is 129 cm³/mol. The Kier molecular flexibility index (Phi) is 7.57. The van der Waals surface area contributed by atoms with E-state index in [1.54, 1.807) is 23.1 Å². The highest BCUT2D eigenvalue weighted by molar-refractivity contribution is 6.39. The quantitative estimate of drug-likeness (QED) is 0.660. The third kappa shape index (κ3) is 6.10. The number of piperazine rings is 1. The van der Waals surface area contributed by atoms with E-state index in [9.17, 15) is 14.4 Å². The van der Waals surface area contributed by atoms with Gasteiger partial charge in [-0.2, -0.15) is 0 Å². The zero-order valence-corrected chi connectivity index (χ0v) is 18.8. The van der Waals surface area contributed by atoms with E-state index >= 15 is 0 Å². The van der Waals surface area contributed by atoms with Crippen LogP contribution in [-0.2, 0) is 14.4 Å². The highest BCUT2D eigenvalue weighted by Gasteiger charge is 2.21. The molecule has 2 aliphatic rings. The molecule has 2 aromatic carbocycles. The van der Waals surface area contributed by atoms with Gasteiger partial charge >= 0.3 is 11.8 Å². The molecule has 0 aliphatic carbocycles. The number of hydrogen-bond donors (Lipinski definition) is 2. The van der Waals surface area contributed by atoms with Crippen LogP contribution in [0.4, 0.5) is 17.1 Å². The van der Waals surface area contributed by atoms with Gasteiger partial charge in [0.1, 0.15) is 0 Å². The van der Waals surface area contributed by atoms with E-state index in [2.05, 4.69) is 32.6 Å². The Labute approximate surface area is 194 Å². The lowest BCUT2D eigenvalue weighted by Crippen LogP contribution is -2.49. The molecule has 8 nitrogen and oxygen atoms in total. The summed E-state index contributed by atoms with van der Waals surface area (Å²) >= 11 is 0. The van der Waals surface area contributed by atoms with Crippen LogP contribution in [0.2, 0.25) is 0 Å². The molecule has 33 heavy (non-hydrogen) atoms. The lowest BCUT2D eigenvalue weighted by molar-refractivity contribution is -0.136. The molecule has 0 radical (unpaired) electrons. The van der Waals surface area contributed by atoms with Crippen molar-refractivity contribution in [1.82, 2.24) is 10.2 Å². The molecule has 4 rings (SSSR count). The molecule has 0 bridgehead atoms. The number of nitrogens with zero attached hydrogens (tertiary/aromatic N) is 3. The van der Waals surface area contributed by atoms with Crippen LogP contribution in [0.25, 0.3) is 0 Å². The molecule has 0 aromatic heterocycles. The van der Waals surface area contributed by atoms with Gasteiger partial charge in [0, 0.05) is 69.3 Å². The Morgan fingerprint density at radius 3 is 2.33 bits per heavy atom. The van der Waals surface area contributed by atoms with Crippen LogP contribution in [0, 0.1) is 0 Å². The summed E-state index contributed by atoms with van der Waals surface area (Å²) in [6.45, 7) is 5.50. The van der Waals surface area contributed by atoms with Crippen molar-refractivity contribution in [3.63, 3.8) is 0 Å². The number of benzene rings is 2. The van der Waals surface area contributed by atoms with Crippen LogP contribution in [-0.4, -0.2) is 68.4 Å². The van der Waals surface area contributed by atoms with Gasteiger partial charge in [-0.25, -0.2) is 0 Å². The molecule has 0 saturated carbocycles. The molecule has 2 aliphatic heterocycles. The summed E-state index contributed by atoms with van der Waals surface area (Å²) in [7, 11) is 0. The number of nitrogens with one attached hydrogen (secondary N) is 2. The van der Waals surface area contributed by atoms with Gasteiger partial charge < -0.3 is 20.4 Å². The third-order valence-electron chi connectivity index (χ3n) is 6.15. The second-order valence-electron chi connectivity index (χ2n) is 8.43. The first kappa shape index (κ1) is 22.8. The molecule has 0 atom stereocenters. The highest BCUT2D eigenvalue weighted by atomic mass is 16.2. The number of carbonyl (C=O) groups is 3. The minimum atomic E-state index is -0.703. The molecule has 3 amide bonds. The zero-order chi connectivity index (χ0) is 23.0. The summed E-state index contributed by atoms with van der Waals surface area (Å²) in [6.07, 6.45) is 2.42. The van der Waals surface area contributed by atoms with Gasteiger partial charge in [-0.15, -0.1) is 0 Å². The Hall–Kier alpha value is -3.39. The monoisotopic (exact) mass is 449 g/mol. The largest absolute Gasteiger partial charge is 0.369 e. The SMILES string of the molecule is O=C(NCCN1CCN(c2ccccc2)CC1)C(=O)Nc1cccc(N2CCCCC2=O)c1. The lowest BCUT2D eigenvalue weighted by Gasteiger charge is -2.36. The summed E-state index contributed by atoms with van der Waals surface area (Å²) in [4.78, 5) is 43.1. The summed E-state index contributed by atoms with van der Waals surface area (Å²) in [6, 6.07) is 17.4. The number of amides is 3. The molecule has 174 valence electrons. The van der Waals surface area contributed by atoms with Crippen molar-refractivity contribution in [2.45, 2.75) is 19.3 Å². The number of piperidine rings is 1. The zero-order valence-electron chi connectivity index (χ0n) is 18.8. The summed E-state index contributed by atoms with van der Waals surface area (Å²) < 4.78 is 0. The standard InChI is InChI=1S/C25H31N5O3/c31-23-11-4-5-13-30(23)22-10-6-7-20(19-22)27-25(33)24(32)26-12-14-28-15-17-29(18-16-28)21-8-2-1-3-9-21/h1-3,6-10,19H,4-5,11-18H2,(H,26,32)(H,27,33). The maximum Gasteiger partial charge on any atom is 0.313 e. The lowest BCUT2D eigenvalue weighted by atomic mass is 10.1. The van der Waals surface area contributed by atoms with E-state index < -0.39 is 11.8 Å². The fourth-order valence-electron chi connectivity index (χ4n) is 4.29. The van der Waals surface area contributed by atoms with Gasteiger partial charge in [0.25, 0.3) is 0 Å². The van der Waals surface area contributed by atoms with Gasteiger partial charge in [0.05, 0.1) is 0 Å². The number of rotatable bonds is 6. The maximum absolute atomic E-state index is 12.3. The van der Waals surface area contributed by atoms with E-state index in [1.165, 1.54) is 5.69 Å². The second-order valence-corrected chi connectivity index (χ2v) is 8.43. The summed E-state index contributed by atoms with van der Waals surface area (Å²) in [5, 5.41) is 5.35. The molecule has 2 N–H and O–H groups in total. The van der Waals surface area contributed by atoms with Crippen molar-refractivity contribution in [3.8, 4) is 0 Å². The van der Waals surface area contributed by atoms with Gasteiger partial charge in [-0.1, -0.05) is 24.3 Å². The molecule has 2 heterocycles. The van der Waals surface area contributed by atoms with Crippen molar-refractivity contribution in [3.05, 3.63) is 54.6 Å². The second kappa shape index (κ2) is 11.0. The first-order chi connectivity index (χ1) is 16.1. The molecular formula is C25H31N5O3. The smallest absolute Gasteiger partial charge is 0.313 e. The van der Waals surface area contributed by atoms with Crippen molar-refractivity contribution in [2.75, 3.05) is 60.9 Å². The van der Waals surface area contributed by atoms with Crippen LogP contribution in [0.15, 0.2) is 54.6 Å². The van der Waals surface area contributed by atoms with Crippen LogP contribution >= 0.6 is 0 Å². The third-order valence-corrected chi connectivity index (χ3v) is 6.15. The molecule has 2 fully saturated rings. The Balaban J connectivity index is 1.19. The van der Waals surface area contributed by atoms with Crippen molar-refractivity contribution >= 4 is 34.8 Å². The predicted octanol–water partition coefficient (Wildman–Crippen LogP) is 2.08. The molecule has 8 heteroatoms. The average Bonchev–Trinajstić information content (AvgIpc) is 2.85. The van der Waals surface area contributed by atoms with Crippen molar-refractivity contribution in [2.24, 2.45) is 0 Å². The fourth-order valence-corrected chi connectivity index (χ4v) is 4.29. The maximum atomic E-state index is 12.3.